The average molecular weight is 458 g/mol. The Morgan fingerprint density at radius 3 is 2.74 bits per heavy atom. The highest BCUT2D eigenvalue weighted by Crippen LogP contribution is 2.37. The normalized spacial score (nSPS) is 13.0. The van der Waals surface area contributed by atoms with E-state index < -0.39 is 17.8 Å². The van der Waals surface area contributed by atoms with Gasteiger partial charge in [-0.3, -0.25) is 14.4 Å². The zero-order valence-corrected chi connectivity index (χ0v) is 18.6. The molecule has 2 aromatic heterocycles. The number of amides is 2. The standard InChI is InChI=1S/C22H23N3O4S2/c23-21(28)20-13-6-1-3-8-15(13)31-22(20)25-17(26)12-29-19(27)11-5-10-18-24-14-7-2-4-9-16(14)30-18/h2,4,7,9H,1,3,5-6,8,10-12H2,(H2,23,28)(H,25,26). The van der Waals surface area contributed by atoms with Gasteiger partial charge >= 0.3 is 5.97 Å². The number of primary amides is 1. The van der Waals surface area contributed by atoms with Gasteiger partial charge in [-0.05, 0) is 56.2 Å². The second-order valence-electron chi connectivity index (χ2n) is 7.42. The average Bonchev–Trinajstić information content (AvgIpc) is 3.32. The minimum atomic E-state index is -0.540. The van der Waals surface area contributed by atoms with Crippen molar-refractivity contribution in [3.05, 3.63) is 45.3 Å². The highest BCUT2D eigenvalue weighted by atomic mass is 32.1. The molecule has 0 fully saturated rings. The molecule has 31 heavy (non-hydrogen) atoms. The monoisotopic (exact) mass is 457 g/mol. The van der Waals surface area contributed by atoms with Crippen LogP contribution in [-0.4, -0.2) is 29.4 Å². The van der Waals surface area contributed by atoms with E-state index in [0.29, 0.717) is 23.4 Å². The van der Waals surface area contributed by atoms with Crippen LogP contribution in [0.25, 0.3) is 10.2 Å². The van der Waals surface area contributed by atoms with Crippen LogP contribution in [0.1, 0.15) is 51.5 Å². The number of hydrogen-bond acceptors (Lipinski definition) is 7. The van der Waals surface area contributed by atoms with Crippen molar-refractivity contribution >= 4 is 55.7 Å². The first-order chi connectivity index (χ1) is 15.0. The van der Waals surface area contributed by atoms with E-state index in [9.17, 15) is 14.4 Å². The molecule has 1 aliphatic rings. The number of thiazole rings is 1. The number of aromatic nitrogens is 1. The molecular weight excluding hydrogens is 434 g/mol. The molecule has 3 N–H and O–H groups in total. The Labute approximate surface area is 187 Å². The van der Waals surface area contributed by atoms with E-state index >= 15 is 0 Å². The van der Waals surface area contributed by atoms with E-state index in [4.69, 9.17) is 10.5 Å². The van der Waals surface area contributed by atoms with Gasteiger partial charge in [-0.15, -0.1) is 22.7 Å². The summed E-state index contributed by atoms with van der Waals surface area (Å²) in [6, 6.07) is 7.92. The third kappa shape index (κ3) is 5.11. The van der Waals surface area contributed by atoms with Crippen LogP contribution in [0, 0.1) is 0 Å². The first-order valence-corrected chi connectivity index (χ1v) is 11.9. The SMILES string of the molecule is NC(=O)c1c(NC(=O)COC(=O)CCCc2nc3ccccc3s2)sc2c1CCCC2. The summed E-state index contributed by atoms with van der Waals surface area (Å²) in [5.41, 5.74) is 7.85. The minimum absolute atomic E-state index is 0.211. The maximum atomic E-state index is 12.3. The summed E-state index contributed by atoms with van der Waals surface area (Å²) in [6.07, 6.45) is 5.25. The van der Waals surface area contributed by atoms with Crippen molar-refractivity contribution in [3.63, 3.8) is 0 Å². The van der Waals surface area contributed by atoms with Crippen molar-refractivity contribution in [2.24, 2.45) is 5.73 Å². The number of nitrogens with two attached hydrogens (primary N) is 1. The van der Waals surface area contributed by atoms with Gasteiger partial charge in [0.2, 0.25) is 0 Å². The van der Waals surface area contributed by atoms with Crippen molar-refractivity contribution in [1.29, 1.82) is 0 Å². The number of anilines is 1. The van der Waals surface area contributed by atoms with Crippen LogP contribution in [0.4, 0.5) is 5.00 Å². The van der Waals surface area contributed by atoms with Gasteiger partial charge in [0, 0.05) is 11.3 Å². The van der Waals surface area contributed by atoms with Gasteiger partial charge in [-0.2, -0.15) is 0 Å². The van der Waals surface area contributed by atoms with Crippen molar-refractivity contribution < 1.29 is 19.1 Å². The number of nitrogens with zero attached hydrogens (tertiary/aromatic N) is 1. The lowest BCUT2D eigenvalue weighted by Crippen LogP contribution is -2.22. The van der Waals surface area contributed by atoms with Crippen LogP contribution in [0.5, 0.6) is 0 Å². The van der Waals surface area contributed by atoms with E-state index in [-0.39, 0.29) is 13.0 Å². The van der Waals surface area contributed by atoms with Gasteiger partial charge < -0.3 is 15.8 Å². The van der Waals surface area contributed by atoms with E-state index in [2.05, 4.69) is 10.3 Å². The Hall–Kier alpha value is -2.78. The lowest BCUT2D eigenvalue weighted by molar-refractivity contribution is -0.147. The van der Waals surface area contributed by atoms with Gasteiger partial charge in [0.05, 0.1) is 20.8 Å². The molecule has 2 amide bonds. The molecule has 0 saturated heterocycles. The Bertz CT molecular complexity index is 1100. The number of benzene rings is 1. The third-order valence-electron chi connectivity index (χ3n) is 5.14. The first-order valence-electron chi connectivity index (χ1n) is 10.3. The zero-order valence-electron chi connectivity index (χ0n) is 16.9. The summed E-state index contributed by atoms with van der Waals surface area (Å²) in [5.74, 6) is -1.45. The van der Waals surface area contributed by atoms with Gasteiger partial charge in [0.25, 0.3) is 11.8 Å². The second-order valence-corrected chi connectivity index (χ2v) is 9.64. The molecular formula is C22H23N3O4S2. The fourth-order valence-corrected chi connectivity index (χ4v) is 6.03. The summed E-state index contributed by atoms with van der Waals surface area (Å²) in [5, 5.41) is 4.13. The maximum Gasteiger partial charge on any atom is 0.306 e. The van der Waals surface area contributed by atoms with E-state index in [1.807, 2.05) is 24.3 Å². The molecule has 3 aromatic rings. The number of carbonyl (C=O) groups excluding carboxylic acids is 3. The summed E-state index contributed by atoms with van der Waals surface area (Å²) in [7, 11) is 0. The van der Waals surface area contributed by atoms with E-state index in [0.717, 1.165) is 51.3 Å². The number of carbonyl (C=O) groups is 3. The molecule has 0 aliphatic heterocycles. The number of hydrogen-bond donors (Lipinski definition) is 2. The van der Waals surface area contributed by atoms with Crippen LogP contribution in [-0.2, 0) is 33.6 Å². The lowest BCUT2D eigenvalue weighted by Gasteiger charge is -2.11. The zero-order chi connectivity index (χ0) is 21.8. The van der Waals surface area contributed by atoms with Crippen LogP contribution >= 0.6 is 22.7 Å². The first kappa shape index (κ1) is 21.5. The summed E-state index contributed by atoms with van der Waals surface area (Å²) >= 11 is 3.01. The lowest BCUT2D eigenvalue weighted by atomic mass is 9.95. The molecule has 0 unspecified atom stereocenters. The van der Waals surface area contributed by atoms with Gasteiger partial charge in [0.15, 0.2) is 6.61 Å². The molecule has 7 nitrogen and oxygen atoms in total. The fourth-order valence-electron chi connectivity index (χ4n) is 3.71. The quantitative estimate of drug-likeness (QED) is 0.499. The number of fused-ring (bicyclic) bond motifs is 2. The molecule has 0 bridgehead atoms. The largest absolute Gasteiger partial charge is 0.456 e. The Morgan fingerprint density at radius 2 is 1.94 bits per heavy atom. The molecule has 2 heterocycles. The highest BCUT2D eigenvalue weighted by molar-refractivity contribution is 7.18. The molecule has 0 saturated carbocycles. The number of nitrogens with one attached hydrogen (secondary N) is 1. The summed E-state index contributed by atoms with van der Waals surface area (Å²) in [4.78, 5) is 41.8. The number of thiophene rings is 1. The maximum absolute atomic E-state index is 12.3. The van der Waals surface area contributed by atoms with Gasteiger partial charge in [-0.1, -0.05) is 12.1 Å². The Morgan fingerprint density at radius 1 is 1.13 bits per heavy atom. The molecule has 1 aromatic carbocycles. The van der Waals surface area contributed by atoms with Crippen LogP contribution in [0.3, 0.4) is 0 Å². The second kappa shape index (κ2) is 9.57. The minimum Gasteiger partial charge on any atom is -0.456 e. The molecule has 0 spiro atoms. The van der Waals surface area contributed by atoms with Crippen molar-refractivity contribution in [3.8, 4) is 0 Å². The number of ether oxygens (including phenoxy) is 1. The summed E-state index contributed by atoms with van der Waals surface area (Å²) < 4.78 is 6.22. The molecule has 9 heteroatoms. The van der Waals surface area contributed by atoms with E-state index in [1.54, 1.807) is 11.3 Å². The highest BCUT2D eigenvalue weighted by Gasteiger charge is 2.25. The van der Waals surface area contributed by atoms with Crippen molar-refractivity contribution in [2.75, 3.05) is 11.9 Å². The van der Waals surface area contributed by atoms with Crippen LogP contribution in [0.15, 0.2) is 24.3 Å². The third-order valence-corrected chi connectivity index (χ3v) is 7.45. The van der Waals surface area contributed by atoms with Crippen molar-refractivity contribution in [1.82, 2.24) is 4.98 Å². The van der Waals surface area contributed by atoms with Gasteiger partial charge in [0.1, 0.15) is 5.00 Å². The van der Waals surface area contributed by atoms with Gasteiger partial charge in [-0.25, -0.2) is 4.98 Å². The molecule has 0 radical (unpaired) electrons. The summed E-state index contributed by atoms with van der Waals surface area (Å²) in [6.45, 7) is -0.388. The predicted molar refractivity (Wildman–Crippen MR) is 122 cm³/mol. The fraction of sp³-hybridized carbons (Fsp3) is 0.364. The predicted octanol–water partition coefficient (Wildman–Crippen LogP) is 3.84. The topological polar surface area (TPSA) is 111 Å². The number of esters is 1. The van der Waals surface area contributed by atoms with Crippen molar-refractivity contribution in [2.45, 2.75) is 44.9 Å². The van der Waals surface area contributed by atoms with Crippen LogP contribution < -0.4 is 11.1 Å². The van der Waals surface area contributed by atoms with Crippen LogP contribution in [0.2, 0.25) is 0 Å². The molecule has 162 valence electrons. The Balaban J connectivity index is 1.24. The number of rotatable bonds is 8. The number of aryl methyl sites for hydroxylation is 2. The Kier molecular flexibility index (Phi) is 6.62. The molecule has 0 atom stereocenters. The molecule has 1 aliphatic carbocycles. The molecule has 4 rings (SSSR count). The smallest absolute Gasteiger partial charge is 0.306 e. The van der Waals surface area contributed by atoms with E-state index in [1.165, 1.54) is 11.3 Å². The number of para-hydroxylation sites is 1.